The number of nitrogens with zero attached hydrogens (tertiary/aromatic N) is 2. The summed E-state index contributed by atoms with van der Waals surface area (Å²) in [6, 6.07) is 0. The first kappa shape index (κ1) is 12.2. The normalized spacial score (nSPS) is 20.1. The van der Waals surface area contributed by atoms with Crippen molar-refractivity contribution >= 4 is 15.9 Å². The van der Waals surface area contributed by atoms with Crippen LogP contribution in [0.1, 0.15) is 13.3 Å². The van der Waals surface area contributed by atoms with Crippen molar-refractivity contribution in [3.05, 3.63) is 12.0 Å². The highest BCUT2D eigenvalue weighted by atomic mass is 32.2. The van der Waals surface area contributed by atoms with Crippen LogP contribution in [0, 0.1) is 0 Å². The van der Waals surface area contributed by atoms with Gasteiger partial charge in [-0.3, -0.25) is 4.79 Å². The van der Waals surface area contributed by atoms with E-state index in [0.717, 1.165) is 5.41 Å². The first-order chi connectivity index (χ1) is 7.01. The smallest absolute Gasteiger partial charge is 0.237 e. The van der Waals surface area contributed by atoms with E-state index >= 15 is 0 Å². The highest BCUT2D eigenvalue weighted by Crippen LogP contribution is 2.09. The molecule has 6 heteroatoms. The van der Waals surface area contributed by atoms with Gasteiger partial charge in [-0.1, -0.05) is 6.58 Å². The number of hydrogen-bond acceptors (Lipinski definition) is 3. The SMILES string of the molecule is C=CS(=O)(=O)N1CCCN(CC)C(=O)C1. The van der Waals surface area contributed by atoms with E-state index in [1.807, 2.05) is 6.92 Å². The highest BCUT2D eigenvalue weighted by molar-refractivity contribution is 7.92. The second-order valence-corrected chi connectivity index (χ2v) is 5.25. The van der Waals surface area contributed by atoms with Crippen LogP contribution in [-0.2, 0) is 14.8 Å². The van der Waals surface area contributed by atoms with E-state index in [1.165, 1.54) is 4.31 Å². The van der Waals surface area contributed by atoms with Crippen molar-refractivity contribution in [2.24, 2.45) is 0 Å². The lowest BCUT2D eigenvalue weighted by Crippen LogP contribution is -2.38. The van der Waals surface area contributed by atoms with E-state index in [4.69, 9.17) is 0 Å². The van der Waals surface area contributed by atoms with Crippen molar-refractivity contribution in [3.8, 4) is 0 Å². The predicted molar refractivity (Wildman–Crippen MR) is 57.6 cm³/mol. The molecule has 1 fully saturated rings. The predicted octanol–water partition coefficient (Wildman–Crippen LogP) is 0.0139. The van der Waals surface area contributed by atoms with Gasteiger partial charge in [-0.05, 0) is 13.3 Å². The van der Waals surface area contributed by atoms with Crippen LogP contribution < -0.4 is 0 Å². The maximum absolute atomic E-state index is 11.6. The number of amides is 1. The Morgan fingerprint density at radius 2 is 2.13 bits per heavy atom. The fourth-order valence-corrected chi connectivity index (χ4v) is 2.43. The van der Waals surface area contributed by atoms with Gasteiger partial charge in [0.1, 0.15) is 0 Å². The number of carbonyl (C=O) groups excluding carboxylic acids is 1. The molecule has 0 saturated carbocycles. The average molecular weight is 232 g/mol. The Kier molecular flexibility index (Phi) is 3.87. The second kappa shape index (κ2) is 4.76. The third-order valence-corrected chi connectivity index (χ3v) is 3.90. The Morgan fingerprint density at radius 1 is 1.47 bits per heavy atom. The largest absolute Gasteiger partial charge is 0.342 e. The number of likely N-dealkylation sites (N-methyl/N-ethyl adjacent to an activating group) is 1. The summed E-state index contributed by atoms with van der Waals surface area (Å²) in [5.41, 5.74) is 0. The lowest BCUT2D eigenvalue weighted by molar-refractivity contribution is -0.130. The van der Waals surface area contributed by atoms with Crippen LogP contribution in [0.3, 0.4) is 0 Å². The molecule has 1 amide bonds. The molecular weight excluding hydrogens is 216 g/mol. The second-order valence-electron chi connectivity index (χ2n) is 3.37. The van der Waals surface area contributed by atoms with Crippen LogP contribution in [0.4, 0.5) is 0 Å². The Hall–Kier alpha value is -0.880. The molecule has 1 heterocycles. The number of rotatable bonds is 3. The molecule has 1 saturated heterocycles. The summed E-state index contributed by atoms with van der Waals surface area (Å²) in [6.45, 7) is 6.70. The summed E-state index contributed by atoms with van der Waals surface area (Å²) in [5, 5.41) is 0.891. The standard InChI is InChI=1S/C9H16N2O3S/c1-3-10-6-5-7-11(8-9(10)12)15(13,14)4-2/h4H,2-3,5-8H2,1H3. The van der Waals surface area contributed by atoms with E-state index < -0.39 is 10.0 Å². The Morgan fingerprint density at radius 3 is 2.67 bits per heavy atom. The molecule has 86 valence electrons. The minimum Gasteiger partial charge on any atom is -0.342 e. The number of hydrogen-bond donors (Lipinski definition) is 0. The average Bonchev–Trinajstić information content (AvgIpc) is 2.40. The minimum absolute atomic E-state index is 0.0673. The molecule has 5 nitrogen and oxygen atoms in total. The van der Waals surface area contributed by atoms with Crippen molar-refractivity contribution in [2.45, 2.75) is 13.3 Å². The van der Waals surface area contributed by atoms with Gasteiger partial charge in [0.15, 0.2) is 0 Å². The Bertz CT molecular complexity index is 350. The van der Waals surface area contributed by atoms with Gasteiger partial charge in [-0.15, -0.1) is 0 Å². The number of sulfonamides is 1. The van der Waals surface area contributed by atoms with Crippen LogP contribution >= 0.6 is 0 Å². The molecule has 0 aromatic heterocycles. The molecule has 0 aliphatic carbocycles. The maximum atomic E-state index is 11.6. The molecule has 0 N–H and O–H groups in total. The van der Waals surface area contributed by atoms with E-state index in [9.17, 15) is 13.2 Å². The molecule has 1 aliphatic heterocycles. The molecule has 0 bridgehead atoms. The van der Waals surface area contributed by atoms with Crippen LogP contribution in [0.5, 0.6) is 0 Å². The molecule has 0 aromatic carbocycles. The fraction of sp³-hybridized carbons (Fsp3) is 0.667. The van der Waals surface area contributed by atoms with Gasteiger partial charge in [0.2, 0.25) is 15.9 Å². The molecule has 0 aromatic rings. The first-order valence-corrected chi connectivity index (χ1v) is 6.42. The van der Waals surface area contributed by atoms with Gasteiger partial charge < -0.3 is 4.90 Å². The van der Waals surface area contributed by atoms with Gasteiger partial charge in [-0.2, -0.15) is 4.31 Å². The summed E-state index contributed by atoms with van der Waals surface area (Å²) in [6.07, 6.45) is 0.673. The molecule has 1 aliphatic rings. The molecule has 0 spiro atoms. The van der Waals surface area contributed by atoms with E-state index in [2.05, 4.69) is 6.58 Å². The summed E-state index contributed by atoms with van der Waals surface area (Å²) in [5.74, 6) is -0.138. The lowest BCUT2D eigenvalue weighted by Gasteiger charge is -2.18. The fourth-order valence-electron chi connectivity index (χ4n) is 1.55. The lowest BCUT2D eigenvalue weighted by atomic mass is 10.4. The van der Waals surface area contributed by atoms with Crippen molar-refractivity contribution in [1.82, 2.24) is 9.21 Å². The van der Waals surface area contributed by atoms with Crippen LogP contribution in [0.2, 0.25) is 0 Å². The van der Waals surface area contributed by atoms with Gasteiger partial charge in [0, 0.05) is 25.0 Å². The van der Waals surface area contributed by atoms with Crippen molar-refractivity contribution in [2.75, 3.05) is 26.2 Å². The van der Waals surface area contributed by atoms with Crippen LogP contribution in [-0.4, -0.2) is 49.7 Å². The minimum atomic E-state index is -3.46. The van der Waals surface area contributed by atoms with Crippen molar-refractivity contribution in [3.63, 3.8) is 0 Å². The summed E-state index contributed by atoms with van der Waals surface area (Å²) in [4.78, 5) is 13.3. The monoisotopic (exact) mass is 232 g/mol. The topological polar surface area (TPSA) is 57.7 Å². The summed E-state index contributed by atoms with van der Waals surface area (Å²) in [7, 11) is -3.46. The zero-order chi connectivity index (χ0) is 11.5. The Balaban J connectivity index is 2.81. The molecule has 0 unspecified atom stereocenters. The van der Waals surface area contributed by atoms with Crippen molar-refractivity contribution in [1.29, 1.82) is 0 Å². The van der Waals surface area contributed by atoms with Crippen LogP contribution in [0.15, 0.2) is 12.0 Å². The quantitative estimate of drug-likeness (QED) is 0.689. The third-order valence-electron chi connectivity index (χ3n) is 2.45. The molecule has 15 heavy (non-hydrogen) atoms. The van der Waals surface area contributed by atoms with E-state index in [1.54, 1.807) is 4.90 Å². The van der Waals surface area contributed by atoms with E-state index in [-0.39, 0.29) is 12.5 Å². The summed E-state index contributed by atoms with van der Waals surface area (Å²) >= 11 is 0. The number of carbonyl (C=O) groups is 1. The van der Waals surface area contributed by atoms with Gasteiger partial charge in [0.05, 0.1) is 6.54 Å². The molecule has 1 rings (SSSR count). The van der Waals surface area contributed by atoms with Gasteiger partial charge in [0.25, 0.3) is 0 Å². The molecule has 0 atom stereocenters. The summed E-state index contributed by atoms with van der Waals surface area (Å²) < 4.78 is 24.1. The van der Waals surface area contributed by atoms with E-state index in [0.29, 0.717) is 26.1 Å². The molecule has 0 radical (unpaired) electrons. The maximum Gasteiger partial charge on any atom is 0.237 e. The molecular formula is C9H16N2O3S. The van der Waals surface area contributed by atoms with Gasteiger partial charge in [-0.25, -0.2) is 8.42 Å². The first-order valence-electron chi connectivity index (χ1n) is 4.91. The van der Waals surface area contributed by atoms with Crippen LogP contribution in [0.25, 0.3) is 0 Å². The third kappa shape index (κ3) is 2.79. The van der Waals surface area contributed by atoms with Gasteiger partial charge >= 0.3 is 0 Å². The zero-order valence-electron chi connectivity index (χ0n) is 8.85. The Labute approximate surface area is 90.4 Å². The highest BCUT2D eigenvalue weighted by Gasteiger charge is 2.26. The zero-order valence-corrected chi connectivity index (χ0v) is 9.66. The van der Waals surface area contributed by atoms with Crippen molar-refractivity contribution < 1.29 is 13.2 Å².